The third kappa shape index (κ3) is 2.96. The third-order valence-corrected chi connectivity index (χ3v) is 3.39. The molecule has 0 bridgehead atoms. The Balaban J connectivity index is 2.44. The Bertz CT molecular complexity index is 544. The summed E-state index contributed by atoms with van der Waals surface area (Å²) in [6.07, 6.45) is 0. The van der Waals surface area contributed by atoms with Gasteiger partial charge in [-0.05, 0) is 34.7 Å². The minimum atomic E-state index is 0.543. The zero-order valence-corrected chi connectivity index (χ0v) is 11.8. The predicted molar refractivity (Wildman–Crippen MR) is 80.4 cm³/mol. The number of hydrogen-bond acceptors (Lipinski definition) is 2. The van der Waals surface area contributed by atoms with E-state index < -0.39 is 0 Å². The van der Waals surface area contributed by atoms with Gasteiger partial charge in [-0.25, -0.2) is 0 Å². The van der Waals surface area contributed by atoms with Gasteiger partial charge in [-0.1, -0.05) is 44.2 Å². The molecule has 2 heteroatoms. The van der Waals surface area contributed by atoms with Crippen LogP contribution in [0.15, 0.2) is 42.5 Å². The molecular formula is C17H21NO. The van der Waals surface area contributed by atoms with Crippen LogP contribution in [-0.4, -0.2) is 7.11 Å². The van der Waals surface area contributed by atoms with E-state index in [2.05, 4.69) is 44.2 Å². The van der Waals surface area contributed by atoms with Crippen LogP contribution in [0.1, 0.15) is 30.9 Å². The number of methoxy groups -OCH3 is 1. The Morgan fingerprint density at radius 2 is 1.74 bits per heavy atom. The maximum absolute atomic E-state index is 5.71. The molecule has 0 heterocycles. The predicted octanol–water partition coefficient (Wildman–Crippen LogP) is 3.94. The topological polar surface area (TPSA) is 35.2 Å². The Morgan fingerprint density at radius 3 is 2.26 bits per heavy atom. The van der Waals surface area contributed by atoms with E-state index in [1.807, 2.05) is 12.1 Å². The van der Waals surface area contributed by atoms with Crippen LogP contribution in [0.2, 0.25) is 0 Å². The normalized spacial score (nSPS) is 10.8. The van der Waals surface area contributed by atoms with Crippen LogP contribution in [0.3, 0.4) is 0 Å². The van der Waals surface area contributed by atoms with Crippen molar-refractivity contribution < 1.29 is 4.74 Å². The summed E-state index contributed by atoms with van der Waals surface area (Å²) in [5.41, 5.74) is 10.4. The molecule has 100 valence electrons. The molecule has 0 aliphatic carbocycles. The lowest BCUT2D eigenvalue weighted by Crippen LogP contribution is -1.97. The number of benzene rings is 2. The fraction of sp³-hybridized carbons (Fsp3) is 0.294. The van der Waals surface area contributed by atoms with Crippen molar-refractivity contribution in [2.24, 2.45) is 5.73 Å². The van der Waals surface area contributed by atoms with Crippen molar-refractivity contribution in [1.29, 1.82) is 0 Å². The van der Waals surface area contributed by atoms with Crippen LogP contribution in [-0.2, 0) is 6.54 Å². The molecule has 2 rings (SSSR count). The summed E-state index contributed by atoms with van der Waals surface area (Å²) in [6, 6.07) is 14.7. The second-order valence-electron chi connectivity index (χ2n) is 5.02. The number of hydrogen-bond donors (Lipinski definition) is 1. The lowest BCUT2D eigenvalue weighted by atomic mass is 9.97. The molecule has 0 atom stereocenters. The van der Waals surface area contributed by atoms with Crippen molar-refractivity contribution in [3.63, 3.8) is 0 Å². The summed E-state index contributed by atoms with van der Waals surface area (Å²) in [5, 5.41) is 0. The van der Waals surface area contributed by atoms with Gasteiger partial charge in [0.05, 0.1) is 7.11 Å². The molecule has 0 spiro atoms. The maximum atomic E-state index is 5.71. The minimum absolute atomic E-state index is 0.543. The van der Waals surface area contributed by atoms with Crippen molar-refractivity contribution in [2.75, 3.05) is 7.11 Å². The van der Waals surface area contributed by atoms with E-state index in [-0.39, 0.29) is 0 Å². The zero-order chi connectivity index (χ0) is 13.8. The van der Waals surface area contributed by atoms with Gasteiger partial charge in [0.2, 0.25) is 0 Å². The molecule has 0 saturated heterocycles. The van der Waals surface area contributed by atoms with Gasteiger partial charge < -0.3 is 10.5 Å². The standard InChI is InChI=1S/C17H21NO/c1-12(2)14-5-7-15(8-6-14)16-10-13(11-18)4-9-17(16)19-3/h4-10,12H,11,18H2,1-3H3. The van der Waals surface area contributed by atoms with Gasteiger partial charge in [0.25, 0.3) is 0 Å². The van der Waals surface area contributed by atoms with Gasteiger partial charge in [-0.15, -0.1) is 0 Å². The van der Waals surface area contributed by atoms with E-state index in [1.165, 1.54) is 5.56 Å². The number of ether oxygens (including phenoxy) is 1. The first kappa shape index (κ1) is 13.6. The molecule has 2 N–H and O–H groups in total. The minimum Gasteiger partial charge on any atom is -0.496 e. The van der Waals surface area contributed by atoms with Crippen LogP contribution in [0.4, 0.5) is 0 Å². The van der Waals surface area contributed by atoms with E-state index in [1.54, 1.807) is 7.11 Å². The second-order valence-corrected chi connectivity index (χ2v) is 5.02. The largest absolute Gasteiger partial charge is 0.496 e. The van der Waals surface area contributed by atoms with Gasteiger partial charge in [0.1, 0.15) is 5.75 Å². The molecule has 0 amide bonds. The summed E-state index contributed by atoms with van der Waals surface area (Å²) in [7, 11) is 1.70. The maximum Gasteiger partial charge on any atom is 0.126 e. The van der Waals surface area contributed by atoms with E-state index in [0.717, 1.165) is 22.4 Å². The Labute approximate surface area is 115 Å². The molecule has 19 heavy (non-hydrogen) atoms. The highest BCUT2D eigenvalue weighted by molar-refractivity contribution is 5.71. The van der Waals surface area contributed by atoms with Crippen molar-refractivity contribution in [2.45, 2.75) is 26.3 Å². The Hall–Kier alpha value is -1.80. The van der Waals surface area contributed by atoms with Gasteiger partial charge in [0, 0.05) is 12.1 Å². The van der Waals surface area contributed by atoms with E-state index in [0.29, 0.717) is 12.5 Å². The highest BCUT2D eigenvalue weighted by Crippen LogP contribution is 2.31. The SMILES string of the molecule is COc1ccc(CN)cc1-c1ccc(C(C)C)cc1. The third-order valence-electron chi connectivity index (χ3n) is 3.39. The average Bonchev–Trinajstić information content (AvgIpc) is 2.46. The van der Waals surface area contributed by atoms with Crippen molar-refractivity contribution >= 4 is 0 Å². The summed E-state index contributed by atoms with van der Waals surface area (Å²) in [6.45, 7) is 4.94. The van der Waals surface area contributed by atoms with Gasteiger partial charge in [-0.3, -0.25) is 0 Å². The number of nitrogens with two attached hydrogens (primary N) is 1. The molecule has 0 fully saturated rings. The Kier molecular flexibility index (Phi) is 4.23. The molecule has 2 nitrogen and oxygen atoms in total. The summed E-state index contributed by atoms with van der Waals surface area (Å²) in [5.74, 6) is 1.43. The average molecular weight is 255 g/mol. The van der Waals surface area contributed by atoms with Crippen LogP contribution in [0, 0.1) is 0 Å². The van der Waals surface area contributed by atoms with E-state index in [4.69, 9.17) is 10.5 Å². The van der Waals surface area contributed by atoms with Crippen LogP contribution in [0.25, 0.3) is 11.1 Å². The molecule has 0 radical (unpaired) electrons. The molecule has 0 aliphatic heterocycles. The van der Waals surface area contributed by atoms with Gasteiger partial charge in [-0.2, -0.15) is 0 Å². The van der Waals surface area contributed by atoms with Gasteiger partial charge in [0.15, 0.2) is 0 Å². The second kappa shape index (κ2) is 5.89. The smallest absolute Gasteiger partial charge is 0.126 e. The summed E-state index contributed by atoms with van der Waals surface area (Å²) >= 11 is 0. The molecule has 0 aromatic heterocycles. The molecule has 2 aromatic rings. The molecule has 0 unspecified atom stereocenters. The quantitative estimate of drug-likeness (QED) is 0.898. The van der Waals surface area contributed by atoms with Crippen LogP contribution >= 0.6 is 0 Å². The fourth-order valence-electron chi connectivity index (χ4n) is 2.16. The van der Waals surface area contributed by atoms with Crippen molar-refractivity contribution in [1.82, 2.24) is 0 Å². The fourth-order valence-corrected chi connectivity index (χ4v) is 2.16. The monoisotopic (exact) mass is 255 g/mol. The first-order valence-electron chi connectivity index (χ1n) is 6.63. The summed E-state index contributed by atoms with van der Waals surface area (Å²) < 4.78 is 5.44. The van der Waals surface area contributed by atoms with Crippen LogP contribution < -0.4 is 10.5 Å². The molecular weight excluding hydrogens is 234 g/mol. The molecule has 0 saturated carbocycles. The molecule has 0 aliphatic rings. The Morgan fingerprint density at radius 1 is 1.05 bits per heavy atom. The lowest BCUT2D eigenvalue weighted by Gasteiger charge is -2.12. The van der Waals surface area contributed by atoms with Crippen LogP contribution in [0.5, 0.6) is 5.75 Å². The first-order chi connectivity index (χ1) is 9.15. The highest BCUT2D eigenvalue weighted by Gasteiger charge is 2.07. The summed E-state index contributed by atoms with van der Waals surface area (Å²) in [4.78, 5) is 0. The highest BCUT2D eigenvalue weighted by atomic mass is 16.5. The number of rotatable bonds is 4. The van der Waals surface area contributed by atoms with E-state index >= 15 is 0 Å². The van der Waals surface area contributed by atoms with Crippen molar-refractivity contribution in [3.8, 4) is 16.9 Å². The van der Waals surface area contributed by atoms with E-state index in [9.17, 15) is 0 Å². The first-order valence-corrected chi connectivity index (χ1v) is 6.63. The van der Waals surface area contributed by atoms with Gasteiger partial charge >= 0.3 is 0 Å². The zero-order valence-electron chi connectivity index (χ0n) is 11.8. The van der Waals surface area contributed by atoms with Crippen molar-refractivity contribution in [3.05, 3.63) is 53.6 Å². The lowest BCUT2D eigenvalue weighted by molar-refractivity contribution is 0.416. The molecule has 2 aromatic carbocycles.